The average Bonchev–Trinajstić information content (AvgIpc) is 2.92. The maximum atomic E-state index is 12.6. The predicted molar refractivity (Wildman–Crippen MR) is 140 cm³/mol. The lowest BCUT2D eigenvalue weighted by atomic mass is 10.1. The fourth-order valence-corrected chi connectivity index (χ4v) is 4.61. The minimum atomic E-state index is -0.526. The highest BCUT2D eigenvalue weighted by molar-refractivity contribution is 7.99. The Morgan fingerprint density at radius 2 is 1.76 bits per heavy atom. The molecule has 0 aliphatic heterocycles. The number of ether oxygens (including phenoxy) is 3. The van der Waals surface area contributed by atoms with Crippen molar-refractivity contribution in [2.75, 3.05) is 21.3 Å². The van der Waals surface area contributed by atoms with Crippen molar-refractivity contribution >= 4 is 40.5 Å². The average molecular weight is 519 g/mol. The van der Waals surface area contributed by atoms with Crippen LogP contribution in [0, 0.1) is 10.1 Å². The number of fused-ring (bicyclic) bond motifs is 1. The molecule has 0 fully saturated rings. The second-order valence-electron chi connectivity index (χ2n) is 7.53. The summed E-state index contributed by atoms with van der Waals surface area (Å²) in [6, 6.07) is 17.1. The number of carbonyl (C=O) groups excluding carboxylic acids is 1. The van der Waals surface area contributed by atoms with Crippen LogP contribution in [0.2, 0.25) is 0 Å². The molecule has 0 radical (unpaired) electrons. The highest BCUT2D eigenvalue weighted by Gasteiger charge is 2.18. The number of nitrogens with one attached hydrogen (secondary N) is 1. The summed E-state index contributed by atoms with van der Waals surface area (Å²) in [5.74, 6) is 0.472. The number of nitrogens with zero attached hydrogens (tertiary/aromatic N) is 3. The number of methoxy groups -OCH3 is 3. The van der Waals surface area contributed by atoms with Gasteiger partial charge in [0.2, 0.25) is 5.75 Å². The SMILES string of the molecule is COc1cc(C(=O)N/N=C\c2ccc(Sc3cccc4ncccc34)c([N+](=O)[O-])c2)cc(OC)c1OC. The largest absolute Gasteiger partial charge is 0.493 e. The molecule has 0 saturated carbocycles. The molecule has 0 bridgehead atoms. The van der Waals surface area contributed by atoms with Gasteiger partial charge in [-0.2, -0.15) is 5.10 Å². The smallest absolute Gasteiger partial charge is 0.283 e. The molecule has 10 nitrogen and oxygen atoms in total. The van der Waals surface area contributed by atoms with E-state index in [9.17, 15) is 14.9 Å². The molecule has 1 N–H and O–H groups in total. The van der Waals surface area contributed by atoms with Crippen LogP contribution < -0.4 is 19.6 Å². The number of nitro groups is 1. The van der Waals surface area contributed by atoms with E-state index in [2.05, 4.69) is 15.5 Å². The topological polar surface area (TPSA) is 125 Å². The number of hydrazone groups is 1. The zero-order valence-electron chi connectivity index (χ0n) is 20.1. The number of hydrogen-bond acceptors (Lipinski definition) is 9. The van der Waals surface area contributed by atoms with Crippen molar-refractivity contribution in [3.05, 3.63) is 88.1 Å². The summed E-state index contributed by atoms with van der Waals surface area (Å²) >= 11 is 1.29. The van der Waals surface area contributed by atoms with Gasteiger partial charge in [0, 0.05) is 33.7 Å². The van der Waals surface area contributed by atoms with Gasteiger partial charge in [0.25, 0.3) is 11.6 Å². The van der Waals surface area contributed by atoms with Crippen LogP contribution in [-0.2, 0) is 0 Å². The lowest BCUT2D eigenvalue weighted by Gasteiger charge is -2.13. The van der Waals surface area contributed by atoms with E-state index in [4.69, 9.17) is 14.2 Å². The summed E-state index contributed by atoms with van der Waals surface area (Å²) in [5, 5.41) is 16.7. The molecule has 4 rings (SSSR count). The molecule has 0 atom stereocenters. The second kappa shape index (κ2) is 11.4. The predicted octanol–water partition coefficient (Wildman–Crippen LogP) is 5.08. The maximum Gasteiger partial charge on any atom is 0.283 e. The molecule has 0 unspecified atom stereocenters. The minimum Gasteiger partial charge on any atom is -0.493 e. The van der Waals surface area contributed by atoms with Gasteiger partial charge in [-0.15, -0.1) is 0 Å². The highest BCUT2D eigenvalue weighted by atomic mass is 32.2. The van der Waals surface area contributed by atoms with E-state index in [0.717, 1.165) is 15.8 Å². The number of nitro benzene ring substituents is 1. The molecule has 11 heteroatoms. The van der Waals surface area contributed by atoms with Crippen LogP contribution in [-0.4, -0.2) is 43.4 Å². The Labute approximate surface area is 216 Å². The zero-order valence-corrected chi connectivity index (χ0v) is 20.9. The molecular formula is C26H22N4O6S. The first kappa shape index (κ1) is 25.5. The first-order valence-electron chi connectivity index (χ1n) is 10.9. The Bertz CT molecular complexity index is 1480. The van der Waals surface area contributed by atoms with Crippen LogP contribution in [0.1, 0.15) is 15.9 Å². The third-order valence-electron chi connectivity index (χ3n) is 5.31. The van der Waals surface area contributed by atoms with Crippen LogP contribution >= 0.6 is 11.8 Å². The van der Waals surface area contributed by atoms with Gasteiger partial charge in [-0.25, -0.2) is 5.43 Å². The standard InChI is InChI=1S/C26H22N4O6S/c1-34-21-13-17(14-22(35-2)25(21)36-3)26(31)29-28-15-16-9-10-24(20(12-16)30(32)33)37-23-8-4-7-19-18(23)6-5-11-27-19/h4-15H,1-3H3,(H,29,31)/b28-15-. The van der Waals surface area contributed by atoms with Crippen LogP contribution in [0.15, 0.2) is 81.8 Å². The maximum absolute atomic E-state index is 12.6. The molecule has 1 heterocycles. The summed E-state index contributed by atoms with van der Waals surface area (Å²) in [5.41, 5.74) is 3.81. The number of hydrogen-bond donors (Lipinski definition) is 1. The summed E-state index contributed by atoms with van der Waals surface area (Å²) in [6.07, 6.45) is 3.03. The van der Waals surface area contributed by atoms with Gasteiger partial charge in [0.05, 0.1) is 42.9 Å². The van der Waals surface area contributed by atoms with E-state index in [-0.39, 0.29) is 11.3 Å². The molecule has 0 saturated heterocycles. The van der Waals surface area contributed by atoms with Crippen molar-refractivity contribution in [1.29, 1.82) is 0 Å². The number of carbonyl (C=O) groups is 1. The van der Waals surface area contributed by atoms with Crippen molar-refractivity contribution in [1.82, 2.24) is 10.4 Å². The Morgan fingerprint density at radius 1 is 1.00 bits per heavy atom. The van der Waals surface area contributed by atoms with Crippen LogP contribution in [0.25, 0.3) is 10.9 Å². The number of pyridine rings is 1. The normalized spacial score (nSPS) is 10.9. The molecule has 4 aromatic rings. The Kier molecular flexibility index (Phi) is 7.84. The number of benzene rings is 3. The van der Waals surface area contributed by atoms with Crippen molar-refractivity contribution in [3.8, 4) is 17.2 Å². The van der Waals surface area contributed by atoms with Crippen molar-refractivity contribution in [3.63, 3.8) is 0 Å². The van der Waals surface area contributed by atoms with E-state index in [1.165, 1.54) is 57.5 Å². The zero-order chi connectivity index (χ0) is 26.4. The molecule has 0 aliphatic rings. The first-order valence-corrected chi connectivity index (χ1v) is 11.7. The lowest BCUT2D eigenvalue weighted by Crippen LogP contribution is -2.18. The fourth-order valence-electron chi connectivity index (χ4n) is 3.57. The molecule has 0 spiro atoms. The van der Waals surface area contributed by atoms with Crippen LogP contribution in [0.4, 0.5) is 5.69 Å². The quantitative estimate of drug-likeness (QED) is 0.185. The summed E-state index contributed by atoms with van der Waals surface area (Å²) in [6.45, 7) is 0. The third-order valence-corrected chi connectivity index (χ3v) is 6.45. The number of amides is 1. The summed E-state index contributed by atoms with van der Waals surface area (Å²) < 4.78 is 15.8. The highest BCUT2D eigenvalue weighted by Crippen LogP contribution is 2.39. The summed E-state index contributed by atoms with van der Waals surface area (Å²) in [4.78, 5) is 29.6. The third kappa shape index (κ3) is 5.62. The van der Waals surface area contributed by atoms with Gasteiger partial charge >= 0.3 is 0 Å². The van der Waals surface area contributed by atoms with Gasteiger partial charge in [-0.3, -0.25) is 19.9 Å². The van der Waals surface area contributed by atoms with E-state index < -0.39 is 10.8 Å². The van der Waals surface area contributed by atoms with Crippen LogP contribution in [0.5, 0.6) is 17.2 Å². The number of rotatable bonds is 9. The van der Waals surface area contributed by atoms with E-state index in [0.29, 0.717) is 27.7 Å². The van der Waals surface area contributed by atoms with Crippen LogP contribution in [0.3, 0.4) is 0 Å². The van der Waals surface area contributed by atoms with Gasteiger partial charge in [0.1, 0.15) is 0 Å². The Morgan fingerprint density at radius 3 is 2.43 bits per heavy atom. The molecule has 1 aromatic heterocycles. The van der Waals surface area contributed by atoms with Gasteiger partial charge in [0.15, 0.2) is 11.5 Å². The molecule has 0 aliphatic carbocycles. The fraction of sp³-hybridized carbons (Fsp3) is 0.115. The number of aromatic nitrogens is 1. The monoisotopic (exact) mass is 518 g/mol. The molecule has 188 valence electrons. The molecular weight excluding hydrogens is 496 g/mol. The molecule has 1 amide bonds. The second-order valence-corrected chi connectivity index (χ2v) is 8.61. The summed E-state index contributed by atoms with van der Waals surface area (Å²) in [7, 11) is 4.36. The first-order chi connectivity index (χ1) is 17.9. The van der Waals surface area contributed by atoms with E-state index in [1.807, 2.05) is 30.3 Å². The molecule has 3 aromatic carbocycles. The van der Waals surface area contributed by atoms with Crippen molar-refractivity contribution in [2.45, 2.75) is 9.79 Å². The van der Waals surface area contributed by atoms with Gasteiger partial charge in [-0.05, 0) is 36.4 Å². The van der Waals surface area contributed by atoms with Gasteiger partial charge in [-0.1, -0.05) is 30.0 Å². The minimum absolute atomic E-state index is 0.0780. The Balaban J connectivity index is 1.54. The van der Waals surface area contributed by atoms with Gasteiger partial charge < -0.3 is 14.2 Å². The Hall–Kier alpha value is -4.64. The van der Waals surface area contributed by atoms with E-state index in [1.54, 1.807) is 18.3 Å². The van der Waals surface area contributed by atoms with E-state index >= 15 is 0 Å². The van der Waals surface area contributed by atoms with Crippen molar-refractivity contribution < 1.29 is 23.9 Å². The lowest BCUT2D eigenvalue weighted by molar-refractivity contribution is -0.387. The van der Waals surface area contributed by atoms with Crippen molar-refractivity contribution in [2.24, 2.45) is 5.10 Å². The molecule has 37 heavy (non-hydrogen) atoms.